The van der Waals surface area contributed by atoms with Crippen LogP contribution in [0.2, 0.25) is 0 Å². The molecular weight excluding hydrogens is 266 g/mol. The molecule has 0 saturated heterocycles. The Bertz CT molecular complexity index is 498. The van der Waals surface area contributed by atoms with Crippen LogP contribution in [0.1, 0.15) is 24.8 Å². The maximum atomic E-state index is 12.1. The van der Waals surface area contributed by atoms with E-state index in [1.807, 2.05) is 32.3 Å². The van der Waals surface area contributed by atoms with Crippen molar-refractivity contribution in [2.45, 2.75) is 31.8 Å². The predicted octanol–water partition coefficient (Wildman–Crippen LogP) is 1.82. The highest BCUT2D eigenvalue weighted by molar-refractivity contribution is 5.92. The molecule has 1 amide bonds. The Hall–Kier alpha value is -1.59. The quantitative estimate of drug-likeness (QED) is 0.804. The highest BCUT2D eigenvalue weighted by atomic mass is 16.5. The van der Waals surface area contributed by atoms with Gasteiger partial charge in [0.2, 0.25) is 5.91 Å². The van der Waals surface area contributed by atoms with Crippen LogP contribution in [-0.2, 0) is 11.3 Å². The second-order valence-electron chi connectivity index (χ2n) is 6.03. The molecule has 1 unspecified atom stereocenters. The Labute approximate surface area is 126 Å². The molecular formula is C16H25N3O2. The third-order valence-corrected chi connectivity index (χ3v) is 3.69. The van der Waals surface area contributed by atoms with Crippen molar-refractivity contribution in [2.24, 2.45) is 11.7 Å². The number of nitrogens with one attached hydrogen (secondary N) is 1. The minimum absolute atomic E-state index is 0.0269. The summed E-state index contributed by atoms with van der Waals surface area (Å²) in [7, 11) is 5.63. The second-order valence-corrected chi connectivity index (χ2v) is 6.03. The molecule has 21 heavy (non-hydrogen) atoms. The summed E-state index contributed by atoms with van der Waals surface area (Å²) in [4.78, 5) is 14.2. The molecule has 1 aromatic carbocycles. The van der Waals surface area contributed by atoms with Crippen molar-refractivity contribution in [2.75, 3.05) is 26.5 Å². The molecule has 0 bridgehead atoms. The zero-order valence-corrected chi connectivity index (χ0v) is 13.1. The lowest BCUT2D eigenvalue weighted by Crippen LogP contribution is -2.29. The van der Waals surface area contributed by atoms with Crippen LogP contribution in [0.3, 0.4) is 0 Å². The van der Waals surface area contributed by atoms with Gasteiger partial charge >= 0.3 is 0 Å². The number of benzene rings is 1. The van der Waals surface area contributed by atoms with Crippen LogP contribution in [0.4, 0.5) is 5.69 Å². The largest absolute Gasteiger partial charge is 0.495 e. The standard InChI is InChI=1S/C16H25N3O2/c1-19(2)10-11-4-7-15(21-3)14(8-11)18-16(20)9-13(17)12-5-6-12/h4,7-8,12-13H,5-6,9-10,17H2,1-3H3,(H,18,20). The lowest BCUT2D eigenvalue weighted by Gasteiger charge is -2.15. The molecule has 5 nitrogen and oxygen atoms in total. The van der Waals surface area contributed by atoms with Gasteiger partial charge in [-0.05, 0) is 50.6 Å². The maximum Gasteiger partial charge on any atom is 0.226 e. The Morgan fingerprint density at radius 2 is 2.19 bits per heavy atom. The summed E-state index contributed by atoms with van der Waals surface area (Å²) in [6.07, 6.45) is 2.66. The number of nitrogens with zero attached hydrogens (tertiary/aromatic N) is 1. The van der Waals surface area contributed by atoms with Gasteiger partial charge < -0.3 is 20.7 Å². The van der Waals surface area contributed by atoms with E-state index >= 15 is 0 Å². The molecule has 3 N–H and O–H groups in total. The molecule has 0 spiro atoms. The smallest absolute Gasteiger partial charge is 0.226 e. The number of methoxy groups -OCH3 is 1. The monoisotopic (exact) mass is 291 g/mol. The van der Waals surface area contributed by atoms with E-state index in [2.05, 4.69) is 10.2 Å². The van der Waals surface area contributed by atoms with Crippen LogP contribution in [0, 0.1) is 5.92 Å². The van der Waals surface area contributed by atoms with Gasteiger partial charge in [-0.1, -0.05) is 6.07 Å². The number of rotatable bonds is 7. The molecule has 1 aliphatic carbocycles. The Balaban J connectivity index is 2.03. The molecule has 1 fully saturated rings. The average Bonchev–Trinajstić information content (AvgIpc) is 3.22. The van der Waals surface area contributed by atoms with Crippen LogP contribution < -0.4 is 15.8 Å². The van der Waals surface area contributed by atoms with Crippen molar-refractivity contribution < 1.29 is 9.53 Å². The normalized spacial score (nSPS) is 15.9. The zero-order valence-electron chi connectivity index (χ0n) is 13.1. The minimum atomic E-state index is -0.0466. The number of carbonyl (C=O) groups is 1. The Morgan fingerprint density at radius 3 is 2.76 bits per heavy atom. The Kier molecular flexibility index (Phi) is 5.20. The molecule has 2 rings (SSSR count). The van der Waals surface area contributed by atoms with Gasteiger partial charge in [0.05, 0.1) is 12.8 Å². The van der Waals surface area contributed by atoms with E-state index < -0.39 is 0 Å². The SMILES string of the molecule is COc1ccc(CN(C)C)cc1NC(=O)CC(N)C1CC1. The van der Waals surface area contributed by atoms with Crippen LogP contribution >= 0.6 is 0 Å². The van der Waals surface area contributed by atoms with Crippen molar-refractivity contribution in [1.82, 2.24) is 4.90 Å². The number of hydrogen-bond acceptors (Lipinski definition) is 4. The van der Waals surface area contributed by atoms with Gasteiger partial charge in [0.25, 0.3) is 0 Å². The first-order chi connectivity index (χ1) is 9.99. The number of nitrogens with two attached hydrogens (primary N) is 1. The summed E-state index contributed by atoms with van der Waals surface area (Å²) in [5.74, 6) is 1.15. The molecule has 1 saturated carbocycles. The second kappa shape index (κ2) is 6.91. The summed E-state index contributed by atoms with van der Waals surface area (Å²) in [6.45, 7) is 0.814. The predicted molar refractivity (Wildman–Crippen MR) is 84.3 cm³/mol. The molecule has 5 heteroatoms. The fraction of sp³-hybridized carbons (Fsp3) is 0.562. The minimum Gasteiger partial charge on any atom is -0.495 e. The van der Waals surface area contributed by atoms with Gasteiger partial charge in [0, 0.05) is 19.0 Å². The van der Waals surface area contributed by atoms with Crippen molar-refractivity contribution in [1.29, 1.82) is 0 Å². The van der Waals surface area contributed by atoms with Crippen molar-refractivity contribution in [3.05, 3.63) is 23.8 Å². The highest BCUT2D eigenvalue weighted by Crippen LogP contribution is 2.33. The molecule has 1 aromatic rings. The van der Waals surface area contributed by atoms with Gasteiger partial charge in [0.15, 0.2) is 0 Å². The molecule has 1 aliphatic rings. The molecule has 0 radical (unpaired) electrons. The van der Waals surface area contributed by atoms with E-state index in [4.69, 9.17) is 10.5 Å². The first-order valence-corrected chi connectivity index (χ1v) is 7.36. The average molecular weight is 291 g/mol. The van der Waals surface area contributed by atoms with Crippen LogP contribution in [0.5, 0.6) is 5.75 Å². The third-order valence-electron chi connectivity index (χ3n) is 3.69. The molecule has 1 atom stereocenters. The summed E-state index contributed by atoms with van der Waals surface area (Å²) in [6, 6.07) is 5.82. The topological polar surface area (TPSA) is 67.6 Å². The van der Waals surface area contributed by atoms with Gasteiger partial charge in [0.1, 0.15) is 5.75 Å². The van der Waals surface area contributed by atoms with Crippen LogP contribution in [-0.4, -0.2) is 38.1 Å². The van der Waals surface area contributed by atoms with Gasteiger partial charge in [-0.3, -0.25) is 4.79 Å². The lowest BCUT2D eigenvalue weighted by molar-refractivity contribution is -0.116. The van der Waals surface area contributed by atoms with Crippen molar-refractivity contribution in [3.63, 3.8) is 0 Å². The number of anilines is 1. The fourth-order valence-corrected chi connectivity index (χ4v) is 2.42. The maximum absolute atomic E-state index is 12.1. The van der Waals surface area contributed by atoms with E-state index in [0.29, 0.717) is 23.8 Å². The molecule has 0 aromatic heterocycles. The van der Waals surface area contributed by atoms with E-state index in [-0.39, 0.29) is 11.9 Å². The van der Waals surface area contributed by atoms with Crippen molar-refractivity contribution in [3.8, 4) is 5.75 Å². The fourth-order valence-electron chi connectivity index (χ4n) is 2.42. The van der Waals surface area contributed by atoms with Crippen molar-refractivity contribution >= 4 is 11.6 Å². The van der Waals surface area contributed by atoms with E-state index in [9.17, 15) is 4.79 Å². The van der Waals surface area contributed by atoms with E-state index in [1.165, 1.54) is 0 Å². The third kappa shape index (κ3) is 4.72. The number of ether oxygens (including phenoxy) is 1. The van der Waals surface area contributed by atoms with Crippen LogP contribution in [0.25, 0.3) is 0 Å². The van der Waals surface area contributed by atoms with Gasteiger partial charge in [-0.25, -0.2) is 0 Å². The number of carbonyl (C=O) groups excluding carboxylic acids is 1. The summed E-state index contributed by atoms with van der Waals surface area (Å²) < 4.78 is 5.31. The molecule has 116 valence electrons. The lowest BCUT2D eigenvalue weighted by atomic mass is 10.1. The first-order valence-electron chi connectivity index (χ1n) is 7.36. The number of hydrogen-bond donors (Lipinski definition) is 2. The summed E-state index contributed by atoms with van der Waals surface area (Å²) in [5.41, 5.74) is 7.84. The zero-order chi connectivity index (χ0) is 15.4. The molecule has 0 heterocycles. The summed E-state index contributed by atoms with van der Waals surface area (Å²) in [5, 5.41) is 2.93. The van der Waals surface area contributed by atoms with Crippen LogP contribution in [0.15, 0.2) is 18.2 Å². The molecule has 0 aliphatic heterocycles. The highest BCUT2D eigenvalue weighted by Gasteiger charge is 2.29. The first kappa shape index (κ1) is 15.8. The van der Waals surface area contributed by atoms with Gasteiger partial charge in [-0.2, -0.15) is 0 Å². The number of amides is 1. The van der Waals surface area contributed by atoms with E-state index in [0.717, 1.165) is 24.9 Å². The van der Waals surface area contributed by atoms with E-state index in [1.54, 1.807) is 7.11 Å². The summed E-state index contributed by atoms with van der Waals surface area (Å²) >= 11 is 0. The van der Waals surface area contributed by atoms with Gasteiger partial charge in [-0.15, -0.1) is 0 Å². The Morgan fingerprint density at radius 1 is 1.48 bits per heavy atom.